The van der Waals surface area contributed by atoms with Gasteiger partial charge in [0.25, 0.3) is 11.8 Å². The summed E-state index contributed by atoms with van der Waals surface area (Å²) in [6.07, 6.45) is 3.01. The second kappa shape index (κ2) is 10.5. The zero-order valence-corrected chi connectivity index (χ0v) is 21.5. The summed E-state index contributed by atoms with van der Waals surface area (Å²) in [5.74, 6) is 1.18. The van der Waals surface area contributed by atoms with Gasteiger partial charge < -0.3 is 24.4 Å². The van der Waals surface area contributed by atoms with Gasteiger partial charge in [0.05, 0.1) is 26.8 Å². The number of hydrogen-bond acceptors (Lipinski definition) is 5. The monoisotopic (exact) mass is 500 g/mol. The van der Waals surface area contributed by atoms with E-state index in [-0.39, 0.29) is 17.9 Å². The van der Waals surface area contributed by atoms with Crippen LogP contribution in [0.15, 0.2) is 60.7 Å². The lowest BCUT2D eigenvalue weighted by molar-refractivity contribution is -0.141. The molecule has 5 rings (SSSR count). The molecule has 0 aromatic heterocycles. The minimum absolute atomic E-state index is 0.00265. The summed E-state index contributed by atoms with van der Waals surface area (Å²) in [5.41, 5.74) is 4.30. The number of carbonyl (C=O) groups is 2. The van der Waals surface area contributed by atoms with E-state index in [4.69, 9.17) is 14.2 Å². The third-order valence-electron chi connectivity index (χ3n) is 7.23. The number of hydrogen-bond donors (Lipinski definition) is 1. The Labute approximate surface area is 217 Å². The highest BCUT2D eigenvalue weighted by Gasteiger charge is 2.36. The lowest BCUT2D eigenvalue weighted by Gasteiger charge is -2.36. The molecule has 37 heavy (non-hydrogen) atoms. The summed E-state index contributed by atoms with van der Waals surface area (Å²) in [4.78, 5) is 28.9. The highest BCUT2D eigenvalue weighted by Crippen LogP contribution is 2.39. The van der Waals surface area contributed by atoms with E-state index in [2.05, 4.69) is 23.5 Å². The van der Waals surface area contributed by atoms with Gasteiger partial charge in [0.2, 0.25) is 0 Å². The standard InChI is InChI=1S/C30H32N2O5/c1-4-24-30(34)32(23-12-7-10-19-9-5-6-11-22(19)23)18-20-17-21(15-16-25(20)37-24)31-29(33)28-26(35-2)13-8-14-27(28)36-3/h5-6,8-9,11,13-17,23-24H,4,7,10,12,18H2,1-3H3,(H,31,33)/t23-,24-/m0/s1. The van der Waals surface area contributed by atoms with Gasteiger partial charge >= 0.3 is 0 Å². The van der Waals surface area contributed by atoms with Gasteiger partial charge in [-0.1, -0.05) is 37.3 Å². The van der Waals surface area contributed by atoms with E-state index in [1.807, 2.05) is 30.0 Å². The van der Waals surface area contributed by atoms with Crippen LogP contribution in [0.25, 0.3) is 0 Å². The summed E-state index contributed by atoms with van der Waals surface area (Å²) in [5, 5.41) is 2.97. The molecule has 7 nitrogen and oxygen atoms in total. The van der Waals surface area contributed by atoms with E-state index in [1.165, 1.54) is 25.3 Å². The summed E-state index contributed by atoms with van der Waals surface area (Å²) >= 11 is 0. The molecule has 2 aliphatic rings. The molecule has 2 atom stereocenters. The molecule has 3 aromatic carbocycles. The van der Waals surface area contributed by atoms with Crippen molar-refractivity contribution in [2.24, 2.45) is 0 Å². The lowest BCUT2D eigenvalue weighted by atomic mass is 9.86. The van der Waals surface area contributed by atoms with Gasteiger partial charge in [-0.25, -0.2) is 0 Å². The summed E-state index contributed by atoms with van der Waals surface area (Å²) in [6.45, 7) is 2.38. The van der Waals surface area contributed by atoms with Crippen LogP contribution < -0.4 is 19.5 Å². The van der Waals surface area contributed by atoms with Crippen LogP contribution in [0.1, 0.15) is 59.3 Å². The van der Waals surface area contributed by atoms with Crippen LogP contribution in [0, 0.1) is 0 Å². The maximum absolute atomic E-state index is 13.6. The Kier molecular flexibility index (Phi) is 7.04. The summed E-state index contributed by atoms with van der Waals surface area (Å²) in [7, 11) is 3.04. The van der Waals surface area contributed by atoms with Crippen LogP contribution >= 0.6 is 0 Å². The third kappa shape index (κ3) is 4.73. The number of ether oxygens (including phenoxy) is 3. The smallest absolute Gasteiger partial charge is 0.264 e. The zero-order valence-electron chi connectivity index (χ0n) is 21.5. The first-order chi connectivity index (χ1) is 18.0. The number of nitrogens with zero attached hydrogens (tertiary/aromatic N) is 1. The van der Waals surface area contributed by atoms with Crippen LogP contribution in [0.4, 0.5) is 5.69 Å². The quantitative estimate of drug-likeness (QED) is 0.481. The van der Waals surface area contributed by atoms with Crippen LogP contribution in [-0.4, -0.2) is 37.0 Å². The average Bonchev–Trinajstić information content (AvgIpc) is 3.07. The number of benzene rings is 3. The molecule has 0 saturated carbocycles. The fourth-order valence-electron chi connectivity index (χ4n) is 5.39. The molecule has 1 aliphatic carbocycles. The minimum Gasteiger partial charge on any atom is -0.496 e. The first-order valence-corrected chi connectivity index (χ1v) is 12.7. The van der Waals surface area contributed by atoms with Crippen molar-refractivity contribution in [3.8, 4) is 17.2 Å². The number of methoxy groups -OCH3 is 2. The normalized spacial score (nSPS) is 18.7. The molecule has 2 amide bonds. The van der Waals surface area contributed by atoms with Crippen LogP contribution in [0.2, 0.25) is 0 Å². The van der Waals surface area contributed by atoms with E-state index >= 15 is 0 Å². The molecule has 7 heteroatoms. The van der Waals surface area contributed by atoms with Crippen molar-refractivity contribution in [3.05, 3.63) is 82.9 Å². The Morgan fingerprint density at radius 3 is 2.51 bits per heavy atom. The van der Waals surface area contributed by atoms with Gasteiger partial charge in [-0.3, -0.25) is 9.59 Å². The lowest BCUT2D eigenvalue weighted by Crippen LogP contribution is -2.42. The first kappa shape index (κ1) is 24.7. The van der Waals surface area contributed by atoms with Gasteiger partial charge in [-0.05, 0) is 67.1 Å². The molecule has 0 radical (unpaired) electrons. The molecule has 0 spiro atoms. The van der Waals surface area contributed by atoms with Crippen LogP contribution in [0.5, 0.6) is 17.2 Å². The average molecular weight is 501 g/mol. The van der Waals surface area contributed by atoms with E-state index < -0.39 is 6.10 Å². The second-order valence-corrected chi connectivity index (χ2v) is 9.40. The Hall–Kier alpha value is -4.00. The van der Waals surface area contributed by atoms with Gasteiger partial charge in [-0.15, -0.1) is 0 Å². The Morgan fingerprint density at radius 1 is 1.03 bits per heavy atom. The van der Waals surface area contributed by atoms with Gasteiger partial charge in [0.1, 0.15) is 22.8 Å². The number of amides is 2. The van der Waals surface area contributed by atoms with E-state index in [9.17, 15) is 9.59 Å². The van der Waals surface area contributed by atoms with Crippen molar-refractivity contribution < 1.29 is 23.8 Å². The van der Waals surface area contributed by atoms with E-state index in [0.29, 0.717) is 41.5 Å². The molecular formula is C30H32N2O5. The SMILES string of the molecule is CC[C@@H]1Oc2ccc(NC(=O)c3c(OC)cccc3OC)cc2CN([C@H]2CCCc3ccccc32)C1=O. The third-order valence-corrected chi connectivity index (χ3v) is 7.23. The molecule has 1 N–H and O–H groups in total. The molecular weight excluding hydrogens is 468 g/mol. The number of nitrogens with one attached hydrogen (secondary N) is 1. The number of aryl methyl sites for hydroxylation is 1. The molecule has 0 fully saturated rings. The Bertz CT molecular complexity index is 1300. The maximum atomic E-state index is 13.6. The molecule has 192 valence electrons. The highest BCUT2D eigenvalue weighted by atomic mass is 16.5. The fraction of sp³-hybridized carbons (Fsp3) is 0.333. The van der Waals surface area contributed by atoms with Crippen molar-refractivity contribution in [2.45, 2.75) is 51.3 Å². The zero-order chi connectivity index (χ0) is 25.9. The largest absolute Gasteiger partial charge is 0.496 e. The molecule has 0 unspecified atom stereocenters. The Balaban J connectivity index is 1.47. The van der Waals surface area contributed by atoms with Crippen LogP contribution in [-0.2, 0) is 17.8 Å². The van der Waals surface area contributed by atoms with Crippen molar-refractivity contribution in [1.29, 1.82) is 0 Å². The molecule has 1 aliphatic heterocycles. The van der Waals surface area contributed by atoms with Crippen molar-refractivity contribution in [2.75, 3.05) is 19.5 Å². The number of carbonyl (C=O) groups excluding carboxylic acids is 2. The van der Waals surface area contributed by atoms with E-state index in [1.54, 1.807) is 24.3 Å². The van der Waals surface area contributed by atoms with Crippen LogP contribution in [0.3, 0.4) is 0 Å². The first-order valence-electron chi connectivity index (χ1n) is 12.7. The molecule has 0 bridgehead atoms. The predicted octanol–water partition coefficient (Wildman–Crippen LogP) is 5.53. The minimum atomic E-state index is -0.548. The van der Waals surface area contributed by atoms with E-state index in [0.717, 1.165) is 24.8 Å². The number of anilines is 1. The highest BCUT2D eigenvalue weighted by molar-refractivity contribution is 6.08. The summed E-state index contributed by atoms with van der Waals surface area (Å²) < 4.78 is 17.0. The Morgan fingerprint density at radius 2 is 1.78 bits per heavy atom. The van der Waals surface area contributed by atoms with Crippen molar-refractivity contribution in [1.82, 2.24) is 4.90 Å². The maximum Gasteiger partial charge on any atom is 0.264 e. The van der Waals surface area contributed by atoms with Crippen molar-refractivity contribution >= 4 is 17.5 Å². The van der Waals surface area contributed by atoms with Gasteiger partial charge in [-0.2, -0.15) is 0 Å². The van der Waals surface area contributed by atoms with Gasteiger partial charge in [0.15, 0.2) is 6.10 Å². The van der Waals surface area contributed by atoms with Gasteiger partial charge in [0, 0.05) is 11.3 Å². The summed E-state index contributed by atoms with van der Waals surface area (Å²) in [6, 6.07) is 19.1. The second-order valence-electron chi connectivity index (χ2n) is 9.40. The molecule has 1 heterocycles. The molecule has 0 saturated heterocycles. The number of fused-ring (bicyclic) bond motifs is 2. The topological polar surface area (TPSA) is 77.1 Å². The fourth-order valence-corrected chi connectivity index (χ4v) is 5.39. The van der Waals surface area contributed by atoms with Crippen molar-refractivity contribution in [3.63, 3.8) is 0 Å². The predicted molar refractivity (Wildman–Crippen MR) is 141 cm³/mol. The number of rotatable bonds is 6. The molecule has 3 aromatic rings.